The molecule has 0 radical (unpaired) electrons. The third kappa shape index (κ3) is 2.20. The van der Waals surface area contributed by atoms with Crippen molar-refractivity contribution in [3.8, 4) is 0 Å². The van der Waals surface area contributed by atoms with E-state index in [4.69, 9.17) is 16.0 Å². The van der Waals surface area contributed by atoms with E-state index in [1.54, 1.807) is 17.6 Å². The molecule has 0 fully saturated rings. The number of furan rings is 1. The molecule has 0 N–H and O–H groups in total. The molecule has 0 amide bonds. The summed E-state index contributed by atoms with van der Waals surface area (Å²) < 4.78 is 5.22. The van der Waals surface area contributed by atoms with E-state index in [1.165, 1.54) is 5.56 Å². The topological polar surface area (TPSA) is 13.1 Å². The van der Waals surface area contributed by atoms with Crippen LogP contribution in [0.25, 0.3) is 0 Å². The molecule has 0 bridgehead atoms. The molecule has 1 unspecified atom stereocenters. The Labute approximate surface area is 92.3 Å². The van der Waals surface area contributed by atoms with Gasteiger partial charge in [0.05, 0.1) is 11.6 Å². The van der Waals surface area contributed by atoms with Gasteiger partial charge in [-0.05, 0) is 41.8 Å². The van der Waals surface area contributed by atoms with E-state index < -0.39 is 0 Å². The zero-order chi connectivity index (χ0) is 9.97. The van der Waals surface area contributed by atoms with Crippen LogP contribution in [0.3, 0.4) is 0 Å². The van der Waals surface area contributed by atoms with Crippen molar-refractivity contribution < 1.29 is 4.42 Å². The van der Waals surface area contributed by atoms with Gasteiger partial charge >= 0.3 is 0 Å². The van der Waals surface area contributed by atoms with Gasteiger partial charge in [-0.25, -0.2) is 0 Å². The predicted molar refractivity (Wildman–Crippen MR) is 60.1 cm³/mol. The third-order valence-corrected chi connectivity index (χ3v) is 3.25. The third-order valence-electron chi connectivity index (χ3n) is 2.11. The van der Waals surface area contributed by atoms with Crippen LogP contribution >= 0.6 is 22.9 Å². The minimum Gasteiger partial charge on any atom is -0.469 e. The van der Waals surface area contributed by atoms with Crippen molar-refractivity contribution in [1.82, 2.24) is 0 Å². The molecule has 0 aliphatic carbocycles. The highest BCUT2D eigenvalue weighted by Gasteiger charge is 2.11. The number of rotatable bonds is 3. The number of hydrogen-bond donors (Lipinski definition) is 0. The van der Waals surface area contributed by atoms with Gasteiger partial charge in [-0.1, -0.05) is 0 Å². The molecule has 2 aromatic rings. The second-order valence-electron chi connectivity index (χ2n) is 3.29. The first-order chi connectivity index (χ1) is 6.75. The summed E-state index contributed by atoms with van der Waals surface area (Å²) in [5, 5.41) is 4.21. The van der Waals surface area contributed by atoms with Gasteiger partial charge in [-0.2, -0.15) is 11.3 Å². The lowest BCUT2D eigenvalue weighted by molar-refractivity contribution is 0.531. The predicted octanol–water partition coefficient (Wildman–Crippen LogP) is 4.17. The lowest BCUT2D eigenvalue weighted by atomic mass is 10.1. The number of alkyl halides is 1. The lowest BCUT2D eigenvalue weighted by Crippen LogP contribution is -1.92. The van der Waals surface area contributed by atoms with Crippen LogP contribution in [0.5, 0.6) is 0 Å². The summed E-state index contributed by atoms with van der Waals surface area (Å²) in [5.74, 6) is 0.913. The molecule has 1 atom stereocenters. The van der Waals surface area contributed by atoms with Crippen molar-refractivity contribution >= 4 is 22.9 Å². The zero-order valence-corrected chi connectivity index (χ0v) is 9.44. The summed E-state index contributed by atoms with van der Waals surface area (Å²) in [6.07, 6.45) is 2.60. The lowest BCUT2D eigenvalue weighted by Gasteiger charge is -2.04. The Morgan fingerprint density at radius 3 is 3.00 bits per heavy atom. The Morgan fingerprint density at radius 2 is 2.43 bits per heavy atom. The van der Waals surface area contributed by atoms with E-state index in [2.05, 4.69) is 16.8 Å². The summed E-state index contributed by atoms with van der Waals surface area (Å²) >= 11 is 7.96. The SMILES string of the molecule is Cc1cc(C(Cl)Cc2ccsc2)co1. The first-order valence-corrected chi connectivity index (χ1v) is 5.84. The maximum atomic E-state index is 6.26. The molecule has 0 spiro atoms. The maximum absolute atomic E-state index is 6.26. The van der Waals surface area contributed by atoms with Gasteiger partial charge < -0.3 is 4.42 Å². The highest BCUT2D eigenvalue weighted by atomic mass is 35.5. The number of thiophene rings is 1. The van der Waals surface area contributed by atoms with E-state index in [0.29, 0.717) is 0 Å². The molecule has 0 saturated carbocycles. The summed E-state index contributed by atoms with van der Waals surface area (Å²) in [6.45, 7) is 1.93. The van der Waals surface area contributed by atoms with Crippen LogP contribution in [-0.2, 0) is 6.42 Å². The molecule has 0 aliphatic heterocycles. The fourth-order valence-corrected chi connectivity index (χ4v) is 2.34. The van der Waals surface area contributed by atoms with E-state index >= 15 is 0 Å². The smallest absolute Gasteiger partial charge is 0.101 e. The van der Waals surface area contributed by atoms with Crippen molar-refractivity contribution in [2.75, 3.05) is 0 Å². The van der Waals surface area contributed by atoms with Gasteiger partial charge in [-0.15, -0.1) is 11.6 Å². The molecule has 74 valence electrons. The zero-order valence-electron chi connectivity index (χ0n) is 7.87. The van der Waals surface area contributed by atoms with E-state index in [-0.39, 0.29) is 5.38 Å². The van der Waals surface area contributed by atoms with Crippen LogP contribution in [-0.4, -0.2) is 0 Å². The van der Waals surface area contributed by atoms with E-state index in [0.717, 1.165) is 17.7 Å². The normalized spacial score (nSPS) is 13.0. The molecular formula is C11H11ClOS. The van der Waals surface area contributed by atoms with Gasteiger partial charge in [0.25, 0.3) is 0 Å². The van der Waals surface area contributed by atoms with Crippen LogP contribution in [0.4, 0.5) is 0 Å². The number of hydrogen-bond acceptors (Lipinski definition) is 2. The van der Waals surface area contributed by atoms with Crippen molar-refractivity contribution in [2.24, 2.45) is 0 Å². The van der Waals surface area contributed by atoms with Crippen LogP contribution in [0.2, 0.25) is 0 Å². The van der Waals surface area contributed by atoms with Crippen molar-refractivity contribution in [3.05, 3.63) is 46.0 Å². The highest BCUT2D eigenvalue weighted by Crippen LogP contribution is 2.27. The molecule has 0 aliphatic rings. The molecule has 2 aromatic heterocycles. The van der Waals surface area contributed by atoms with Crippen molar-refractivity contribution in [3.63, 3.8) is 0 Å². The first kappa shape index (κ1) is 9.81. The van der Waals surface area contributed by atoms with Crippen molar-refractivity contribution in [1.29, 1.82) is 0 Å². The van der Waals surface area contributed by atoms with Crippen LogP contribution in [0.15, 0.2) is 33.6 Å². The van der Waals surface area contributed by atoms with Crippen LogP contribution in [0.1, 0.15) is 22.3 Å². The van der Waals surface area contributed by atoms with Gasteiger partial charge in [0, 0.05) is 5.56 Å². The Morgan fingerprint density at radius 1 is 1.57 bits per heavy atom. The largest absolute Gasteiger partial charge is 0.469 e. The molecule has 14 heavy (non-hydrogen) atoms. The average Bonchev–Trinajstić information content (AvgIpc) is 2.75. The average molecular weight is 227 g/mol. The fraction of sp³-hybridized carbons (Fsp3) is 0.273. The summed E-state index contributed by atoms with van der Waals surface area (Å²) in [6, 6.07) is 4.09. The second-order valence-corrected chi connectivity index (χ2v) is 4.60. The molecule has 1 nitrogen and oxygen atoms in total. The standard InChI is InChI=1S/C11H11ClOS/c1-8-4-10(6-13-8)11(12)5-9-2-3-14-7-9/h2-4,6-7,11H,5H2,1H3. The summed E-state index contributed by atoms with van der Waals surface area (Å²) in [4.78, 5) is 0. The maximum Gasteiger partial charge on any atom is 0.101 e. The van der Waals surface area contributed by atoms with Crippen LogP contribution < -0.4 is 0 Å². The Hall–Kier alpha value is -0.730. The first-order valence-electron chi connectivity index (χ1n) is 4.46. The minimum atomic E-state index is 0.0158. The molecule has 0 aromatic carbocycles. The van der Waals surface area contributed by atoms with Gasteiger partial charge in [0.2, 0.25) is 0 Å². The molecule has 3 heteroatoms. The second kappa shape index (κ2) is 4.20. The Bertz CT molecular complexity index is 391. The quantitative estimate of drug-likeness (QED) is 0.716. The summed E-state index contributed by atoms with van der Waals surface area (Å²) in [5.41, 5.74) is 2.35. The van der Waals surface area contributed by atoms with E-state index in [9.17, 15) is 0 Å². The minimum absolute atomic E-state index is 0.0158. The van der Waals surface area contributed by atoms with Gasteiger partial charge in [-0.3, -0.25) is 0 Å². The summed E-state index contributed by atoms with van der Waals surface area (Å²) in [7, 11) is 0. The van der Waals surface area contributed by atoms with Gasteiger partial charge in [0.1, 0.15) is 5.76 Å². The van der Waals surface area contributed by atoms with E-state index in [1.807, 2.05) is 13.0 Å². The monoisotopic (exact) mass is 226 g/mol. The Kier molecular flexibility index (Phi) is 2.94. The molecular weight excluding hydrogens is 216 g/mol. The molecule has 0 saturated heterocycles. The number of halogens is 1. The van der Waals surface area contributed by atoms with Crippen LogP contribution in [0, 0.1) is 6.92 Å². The molecule has 2 heterocycles. The Balaban J connectivity index is 2.06. The van der Waals surface area contributed by atoms with Gasteiger partial charge in [0.15, 0.2) is 0 Å². The fourth-order valence-electron chi connectivity index (χ4n) is 1.36. The highest BCUT2D eigenvalue weighted by molar-refractivity contribution is 7.07. The van der Waals surface area contributed by atoms with Crippen molar-refractivity contribution in [2.45, 2.75) is 18.7 Å². The number of aryl methyl sites for hydroxylation is 1. The molecule has 2 rings (SSSR count).